The van der Waals surface area contributed by atoms with Crippen molar-refractivity contribution in [2.24, 2.45) is 12.8 Å². The number of aryl methyl sites for hydroxylation is 1. The van der Waals surface area contributed by atoms with Crippen LogP contribution in [0.1, 0.15) is 5.82 Å². The Morgan fingerprint density at radius 2 is 2.27 bits per heavy atom. The van der Waals surface area contributed by atoms with Gasteiger partial charge in [-0.05, 0) is 12.1 Å². The van der Waals surface area contributed by atoms with E-state index < -0.39 is 0 Å². The molecule has 1 aromatic carbocycles. The lowest BCUT2D eigenvalue weighted by Gasteiger charge is -1.96. The Hall–Kier alpha value is -1.81. The van der Waals surface area contributed by atoms with Gasteiger partial charge in [-0.15, -0.1) is 0 Å². The van der Waals surface area contributed by atoms with Crippen molar-refractivity contribution in [3.8, 4) is 17.0 Å². The predicted molar refractivity (Wildman–Crippen MR) is 58.2 cm³/mol. The molecule has 0 fully saturated rings. The highest BCUT2D eigenvalue weighted by atomic mass is 16.3. The van der Waals surface area contributed by atoms with Crippen LogP contribution in [0, 0.1) is 0 Å². The number of benzene rings is 1. The molecule has 15 heavy (non-hydrogen) atoms. The highest BCUT2D eigenvalue weighted by molar-refractivity contribution is 5.60. The minimum Gasteiger partial charge on any atom is -0.508 e. The summed E-state index contributed by atoms with van der Waals surface area (Å²) in [6.07, 6.45) is 1.90. The summed E-state index contributed by atoms with van der Waals surface area (Å²) in [5, 5.41) is 9.35. The summed E-state index contributed by atoms with van der Waals surface area (Å²) in [7, 11) is 1.90. The first-order chi connectivity index (χ1) is 7.20. The number of hydrogen-bond donors (Lipinski definition) is 2. The predicted octanol–water partition coefficient (Wildman–Crippen LogP) is 1.25. The van der Waals surface area contributed by atoms with Gasteiger partial charge < -0.3 is 15.4 Å². The van der Waals surface area contributed by atoms with Gasteiger partial charge in [0.05, 0.1) is 12.2 Å². The van der Waals surface area contributed by atoms with Crippen LogP contribution in [-0.2, 0) is 13.6 Å². The number of nitrogens with two attached hydrogens (primary N) is 1. The first-order valence-corrected chi connectivity index (χ1v) is 4.72. The van der Waals surface area contributed by atoms with Gasteiger partial charge >= 0.3 is 0 Å². The number of nitrogens with zero attached hydrogens (tertiary/aromatic N) is 2. The Labute approximate surface area is 88.0 Å². The molecule has 0 atom stereocenters. The zero-order valence-electron chi connectivity index (χ0n) is 8.51. The summed E-state index contributed by atoms with van der Waals surface area (Å²) < 4.78 is 1.89. The van der Waals surface area contributed by atoms with Crippen LogP contribution in [0.5, 0.6) is 5.75 Å². The number of imidazole rings is 1. The molecule has 0 bridgehead atoms. The van der Waals surface area contributed by atoms with E-state index in [9.17, 15) is 5.11 Å². The standard InChI is InChI=1S/C11H13N3O/c1-14-7-10(13-11(14)6-12)8-3-2-4-9(15)5-8/h2-5,7,15H,6,12H2,1H3. The largest absolute Gasteiger partial charge is 0.508 e. The lowest BCUT2D eigenvalue weighted by atomic mass is 10.1. The first kappa shape index (κ1) is 9.73. The van der Waals surface area contributed by atoms with Gasteiger partial charge in [-0.2, -0.15) is 0 Å². The third-order valence-electron chi connectivity index (χ3n) is 2.30. The van der Waals surface area contributed by atoms with Crippen molar-refractivity contribution in [3.63, 3.8) is 0 Å². The third kappa shape index (κ3) is 1.85. The summed E-state index contributed by atoms with van der Waals surface area (Å²) in [6, 6.07) is 7.02. The molecular weight excluding hydrogens is 190 g/mol. The van der Waals surface area contributed by atoms with Crippen LogP contribution in [0.4, 0.5) is 0 Å². The fraction of sp³-hybridized carbons (Fsp3) is 0.182. The molecule has 0 saturated carbocycles. The van der Waals surface area contributed by atoms with E-state index in [1.54, 1.807) is 18.2 Å². The number of hydrogen-bond acceptors (Lipinski definition) is 3. The summed E-state index contributed by atoms with van der Waals surface area (Å²) >= 11 is 0. The monoisotopic (exact) mass is 203 g/mol. The zero-order chi connectivity index (χ0) is 10.8. The van der Waals surface area contributed by atoms with Crippen molar-refractivity contribution in [2.75, 3.05) is 0 Å². The highest BCUT2D eigenvalue weighted by Gasteiger charge is 2.05. The minimum atomic E-state index is 0.243. The van der Waals surface area contributed by atoms with Gasteiger partial charge in [-0.25, -0.2) is 4.98 Å². The van der Waals surface area contributed by atoms with E-state index in [2.05, 4.69) is 4.98 Å². The third-order valence-corrected chi connectivity index (χ3v) is 2.30. The maximum Gasteiger partial charge on any atom is 0.122 e. The highest BCUT2D eigenvalue weighted by Crippen LogP contribution is 2.21. The molecule has 0 spiro atoms. The number of aromatic hydroxyl groups is 1. The van der Waals surface area contributed by atoms with Gasteiger partial charge in [0.15, 0.2) is 0 Å². The van der Waals surface area contributed by atoms with Crippen LogP contribution >= 0.6 is 0 Å². The lowest BCUT2D eigenvalue weighted by Crippen LogP contribution is -2.03. The maximum absolute atomic E-state index is 9.35. The minimum absolute atomic E-state index is 0.243. The quantitative estimate of drug-likeness (QED) is 0.772. The topological polar surface area (TPSA) is 64.1 Å². The molecule has 3 N–H and O–H groups in total. The first-order valence-electron chi connectivity index (χ1n) is 4.72. The fourth-order valence-corrected chi connectivity index (χ4v) is 1.50. The van der Waals surface area contributed by atoms with Crippen molar-refractivity contribution < 1.29 is 5.11 Å². The SMILES string of the molecule is Cn1cc(-c2cccc(O)c2)nc1CN. The molecule has 1 heterocycles. The fourth-order valence-electron chi connectivity index (χ4n) is 1.50. The summed E-state index contributed by atoms with van der Waals surface area (Å²) in [5.41, 5.74) is 7.26. The summed E-state index contributed by atoms with van der Waals surface area (Å²) in [4.78, 5) is 4.37. The normalized spacial score (nSPS) is 10.5. The second-order valence-corrected chi connectivity index (χ2v) is 3.41. The lowest BCUT2D eigenvalue weighted by molar-refractivity contribution is 0.475. The molecule has 2 aromatic rings. The van der Waals surface area contributed by atoms with Crippen molar-refractivity contribution in [1.82, 2.24) is 9.55 Å². The van der Waals surface area contributed by atoms with E-state index in [0.717, 1.165) is 17.1 Å². The number of phenols is 1. The van der Waals surface area contributed by atoms with Crippen molar-refractivity contribution in [3.05, 3.63) is 36.3 Å². The van der Waals surface area contributed by atoms with Gasteiger partial charge in [0.2, 0.25) is 0 Å². The van der Waals surface area contributed by atoms with Crippen LogP contribution < -0.4 is 5.73 Å². The number of aromatic nitrogens is 2. The van der Waals surface area contributed by atoms with Crippen molar-refractivity contribution >= 4 is 0 Å². The van der Waals surface area contributed by atoms with E-state index >= 15 is 0 Å². The Balaban J connectivity index is 2.45. The number of rotatable bonds is 2. The van der Waals surface area contributed by atoms with Gasteiger partial charge in [-0.3, -0.25) is 0 Å². The second-order valence-electron chi connectivity index (χ2n) is 3.41. The van der Waals surface area contributed by atoms with Crippen LogP contribution in [0.25, 0.3) is 11.3 Å². The summed E-state index contributed by atoms with van der Waals surface area (Å²) in [5.74, 6) is 1.07. The molecule has 0 radical (unpaired) electrons. The van der Waals surface area contributed by atoms with Gasteiger partial charge in [0.25, 0.3) is 0 Å². The zero-order valence-corrected chi connectivity index (χ0v) is 8.51. The molecule has 4 heteroatoms. The van der Waals surface area contributed by atoms with Gasteiger partial charge in [-0.1, -0.05) is 12.1 Å². The molecule has 0 aliphatic heterocycles. The van der Waals surface area contributed by atoms with Crippen LogP contribution in [0.2, 0.25) is 0 Å². The maximum atomic E-state index is 9.35. The Morgan fingerprint density at radius 1 is 1.47 bits per heavy atom. The molecule has 1 aromatic heterocycles. The Kier molecular flexibility index (Phi) is 2.43. The molecule has 0 amide bonds. The molecule has 0 aliphatic rings. The van der Waals surface area contributed by atoms with Crippen LogP contribution in [-0.4, -0.2) is 14.7 Å². The molecular formula is C11H13N3O. The van der Waals surface area contributed by atoms with E-state index in [4.69, 9.17) is 5.73 Å². The van der Waals surface area contributed by atoms with Crippen LogP contribution in [0.3, 0.4) is 0 Å². The molecule has 4 nitrogen and oxygen atoms in total. The van der Waals surface area contributed by atoms with E-state index in [-0.39, 0.29) is 5.75 Å². The molecule has 2 rings (SSSR count). The van der Waals surface area contributed by atoms with E-state index in [0.29, 0.717) is 6.54 Å². The second kappa shape index (κ2) is 3.74. The average Bonchev–Trinajstić information content (AvgIpc) is 2.60. The van der Waals surface area contributed by atoms with Crippen molar-refractivity contribution in [1.29, 1.82) is 0 Å². The van der Waals surface area contributed by atoms with E-state index in [1.807, 2.05) is 23.9 Å². The van der Waals surface area contributed by atoms with Crippen LogP contribution in [0.15, 0.2) is 30.5 Å². The average molecular weight is 203 g/mol. The molecule has 0 aliphatic carbocycles. The summed E-state index contributed by atoms with van der Waals surface area (Å²) in [6.45, 7) is 0.412. The van der Waals surface area contributed by atoms with E-state index in [1.165, 1.54) is 0 Å². The van der Waals surface area contributed by atoms with Gasteiger partial charge in [0, 0.05) is 18.8 Å². The number of phenolic OH excluding ortho intramolecular Hbond substituents is 1. The molecule has 78 valence electrons. The molecule has 0 unspecified atom stereocenters. The smallest absolute Gasteiger partial charge is 0.122 e. The Bertz CT molecular complexity index is 476. The Morgan fingerprint density at radius 3 is 2.87 bits per heavy atom. The van der Waals surface area contributed by atoms with Gasteiger partial charge in [0.1, 0.15) is 11.6 Å². The van der Waals surface area contributed by atoms with Crippen molar-refractivity contribution in [2.45, 2.75) is 6.54 Å². The molecule has 0 saturated heterocycles.